The van der Waals surface area contributed by atoms with E-state index in [2.05, 4.69) is 20.3 Å². The molecule has 0 spiro atoms. The maximum absolute atomic E-state index is 11.5. The molecule has 10 nitrogen and oxygen atoms in total. The predicted octanol–water partition coefficient (Wildman–Crippen LogP) is 2.78. The van der Waals surface area contributed by atoms with Gasteiger partial charge in [-0.05, 0) is 19.2 Å². The minimum atomic E-state index is -0.934. The smallest absolute Gasteiger partial charge is 0.434 e. The lowest BCUT2D eigenvalue weighted by atomic mass is 10.4. The van der Waals surface area contributed by atoms with Gasteiger partial charge in [0.1, 0.15) is 0 Å². The van der Waals surface area contributed by atoms with Crippen LogP contribution in [-0.4, -0.2) is 38.9 Å². The van der Waals surface area contributed by atoms with Crippen LogP contribution in [0, 0.1) is 10.1 Å². The summed E-state index contributed by atoms with van der Waals surface area (Å²) < 4.78 is 9.70. The third-order valence-electron chi connectivity index (χ3n) is 2.59. The van der Waals surface area contributed by atoms with E-state index in [-0.39, 0.29) is 29.7 Å². The number of carbonyl (C=O) groups excluding carboxylic acids is 1. The van der Waals surface area contributed by atoms with Crippen LogP contribution in [0.4, 0.5) is 22.1 Å². The molecule has 0 aliphatic rings. The summed E-state index contributed by atoms with van der Waals surface area (Å²) in [4.78, 5) is 34.0. The van der Waals surface area contributed by atoms with Gasteiger partial charge in [-0.25, -0.2) is 19.7 Å². The Morgan fingerprint density at radius 2 is 2.21 bits per heavy atom. The number of nitro groups is 1. The summed E-state index contributed by atoms with van der Waals surface area (Å²) >= 11 is 1.25. The normalized spacial score (nSPS) is 10.1. The lowest BCUT2D eigenvalue weighted by Crippen LogP contribution is -2.12. The van der Waals surface area contributed by atoms with Crippen molar-refractivity contribution < 1.29 is 19.2 Å². The first-order valence-corrected chi connectivity index (χ1v) is 7.89. The molecule has 126 valence electrons. The van der Waals surface area contributed by atoms with Crippen molar-refractivity contribution in [2.24, 2.45) is 0 Å². The van der Waals surface area contributed by atoms with Crippen molar-refractivity contribution in [1.82, 2.24) is 15.0 Å². The molecule has 0 atom stereocenters. The number of aromatic nitrogens is 3. The minimum Gasteiger partial charge on any atom is -0.434 e. The molecular formula is C13H13N5O5S. The molecule has 0 fully saturated rings. The number of hydrogen-bond acceptors (Lipinski definition) is 10. The molecule has 0 aliphatic carbocycles. The van der Waals surface area contributed by atoms with Crippen LogP contribution in [-0.2, 0) is 4.74 Å². The van der Waals surface area contributed by atoms with Gasteiger partial charge in [-0.2, -0.15) is 0 Å². The van der Waals surface area contributed by atoms with Crippen molar-refractivity contribution >= 4 is 35.2 Å². The quantitative estimate of drug-likeness (QED) is 0.272. The van der Waals surface area contributed by atoms with Gasteiger partial charge in [0.25, 0.3) is 0 Å². The molecule has 2 heterocycles. The van der Waals surface area contributed by atoms with Gasteiger partial charge in [-0.1, -0.05) is 11.8 Å². The molecule has 0 unspecified atom stereocenters. The summed E-state index contributed by atoms with van der Waals surface area (Å²) in [6, 6.07) is 2.73. The molecular weight excluding hydrogens is 338 g/mol. The van der Waals surface area contributed by atoms with Gasteiger partial charge in [0.15, 0.2) is 16.7 Å². The van der Waals surface area contributed by atoms with Gasteiger partial charge in [0.2, 0.25) is 5.82 Å². The molecule has 0 radical (unpaired) electrons. The molecule has 2 aromatic rings. The van der Waals surface area contributed by atoms with Gasteiger partial charge >= 0.3 is 11.8 Å². The fraction of sp³-hybridized carbons (Fsp3) is 0.231. The first-order chi connectivity index (χ1) is 11.5. The van der Waals surface area contributed by atoms with E-state index >= 15 is 0 Å². The highest BCUT2D eigenvalue weighted by Crippen LogP contribution is 2.30. The van der Waals surface area contributed by atoms with Crippen molar-refractivity contribution in [2.45, 2.75) is 12.1 Å². The second-order valence-corrected chi connectivity index (χ2v) is 4.88. The highest BCUT2D eigenvalue weighted by atomic mass is 32.2. The molecule has 24 heavy (non-hydrogen) atoms. The fourth-order valence-corrected chi connectivity index (χ4v) is 1.95. The lowest BCUT2D eigenvalue weighted by Gasteiger charge is -2.11. The number of hydrogen-bond donors (Lipinski definition) is 1. The summed E-state index contributed by atoms with van der Waals surface area (Å²) in [5, 5.41) is 14.1. The Morgan fingerprint density at radius 3 is 2.88 bits per heavy atom. The predicted molar refractivity (Wildman–Crippen MR) is 85.6 cm³/mol. The van der Waals surface area contributed by atoms with Crippen LogP contribution in [0.3, 0.4) is 0 Å². The van der Waals surface area contributed by atoms with Gasteiger partial charge in [0, 0.05) is 12.3 Å². The van der Waals surface area contributed by atoms with Crippen molar-refractivity contribution in [1.29, 1.82) is 0 Å². The summed E-state index contributed by atoms with van der Waals surface area (Å²) in [7, 11) is 0. The molecule has 2 aromatic heterocycles. The van der Waals surface area contributed by atoms with E-state index in [0.29, 0.717) is 5.16 Å². The molecule has 11 heteroatoms. The molecule has 0 bridgehead atoms. The third-order valence-corrected chi connectivity index (χ3v) is 3.15. The fourth-order valence-electron chi connectivity index (χ4n) is 1.61. The first kappa shape index (κ1) is 17.4. The summed E-state index contributed by atoms with van der Waals surface area (Å²) in [5.74, 6) is -0.0163. The van der Waals surface area contributed by atoms with Crippen molar-refractivity contribution in [3.8, 4) is 5.75 Å². The zero-order valence-corrected chi connectivity index (χ0v) is 13.6. The van der Waals surface area contributed by atoms with Crippen molar-refractivity contribution in [3.63, 3.8) is 0 Å². The number of anilines is 2. The molecule has 0 aliphatic heterocycles. The summed E-state index contributed by atoms with van der Waals surface area (Å²) in [6.45, 7) is 1.77. The van der Waals surface area contributed by atoms with E-state index < -0.39 is 11.1 Å². The second kappa shape index (κ2) is 8.06. The largest absolute Gasteiger partial charge is 0.514 e. The van der Waals surface area contributed by atoms with Crippen LogP contribution in [0.5, 0.6) is 5.75 Å². The molecule has 0 amide bonds. The van der Waals surface area contributed by atoms with Gasteiger partial charge in [0.05, 0.1) is 17.7 Å². The average Bonchev–Trinajstić information content (AvgIpc) is 2.57. The summed E-state index contributed by atoms with van der Waals surface area (Å²) in [6.07, 6.45) is 3.48. The summed E-state index contributed by atoms with van der Waals surface area (Å²) in [5.41, 5.74) is -0.246. The Morgan fingerprint density at radius 1 is 1.42 bits per heavy atom. The van der Waals surface area contributed by atoms with E-state index in [4.69, 9.17) is 9.47 Å². The minimum absolute atomic E-state index is 0.0359. The Balaban J connectivity index is 2.37. The van der Waals surface area contributed by atoms with Crippen LogP contribution in [0.15, 0.2) is 29.7 Å². The molecule has 0 saturated carbocycles. The van der Waals surface area contributed by atoms with Crippen LogP contribution in [0.25, 0.3) is 0 Å². The Bertz CT molecular complexity index is 757. The molecule has 1 N–H and O–H groups in total. The SMILES string of the molecule is CCOC(=O)Oc1cnc(SC)nc1Nc1ncccc1[N+](=O)[O-]. The Labute approximate surface area is 140 Å². The monoisotopic (exact) mass is 351 g/mol. The van der Waals surface area contributed by atoms with Crippen molar-refractivity contribution in [2.75, 3.05) is 18.2 Å². The maximum Gasteiger partial charge on any atom is 0.514 e. The van der Waals surface area contributed by atoms with E-state index in [1.807, 2.05) is 0 Å². The van der Waals surface area contributed by atoms with Crippen LogP contribution in [0.1, 0.15) is 6.92 Å². The van der Waals surface area contributed by atoms with Gasteiger partial charge < -0.3 is 14.8 Å². The Kier molecular flexibility index (Phi) is 5.84. The number of nitrogens with one attached hydrogen (secondary N) is 1. The lowest BCUT2D eigenvalue weighted by molar-refractivity contribution is -0.384. The third kappa shape index (κ3) is 4.29. The van der Waals surface area contributed by atoms with Gasteiger partial charge in [-0.15, -0.1) is 0 Å². The van der Waals surface area contributed by atoms with Crippen molar-refractivity contribution in [3.05, 3.63) is 34.6 Å². The molecule has 0 aromatic carbocycles. The average molecular weight is 351 g/mol. The highest BCUT2D eigenvalue weighted by Gasteiger charge is 2.19. The Hall–Kier alpha value is -2.95. The van der Waals surface area contributed by atoms with E-state index in [1.165, 1.54) is 36.3 Å². The second-order valence-electron chi connectivity index (χ2n) is 4.11. The topological polar surface area (TPSA) is 129 Å². The number of thioether (sulfide) groups is 1. The first-order valence-electron chi connectivity index (χ1n) is 6.67. The standard InChI is InChI=1S/C13H13N5O5S/c1-3-22-13(19)23-9-7-15-12(24-2)17-11(9)16-10-8(18(20)21)5-4-6-14-10/h4-7H,3H2,1-2H3,(H,14,15,16,17). The zero-order chi connectivity index (χ0) is 17.5. The maximum atomic E-state index is 11.5. The number of ether oxygens (including phenoxy) is 2. The van der Waals surface area contributed by atoms with Crippen LogP contribution in [0.2, 0.25) is 0 Å². The zero-order valence-electron chi connectivity index (χ0n) is 12.8. The van der Waals surface area contributed by atoms with E-state index in [1.54, 1.807) is 13.2 Å². The number of carbonyl (C=O) groups is 1. The van der Waals surface area contributed by atoms with E-state index in [0.717, 1.165) is 0 Å². The van der Waals surface area contributed by atoms with Crippen LogP contribution < -0.4 is 10.1 Å². The van der Waals surface area contributed by atoms with Crippen LogP contribution >= 0.6 is 11.8 Å². The number of rotatable bonds is 6. The van der Waals surface area contributed by atoms with Gasteiger partial charge in [-0.3, -0.25) is 10.1 Å². The number of nitrogens with zero attached hydrogens (tertiary/aromatic N) is 4. The number of pyridine rings is 1. The molecule has 0 saturated heterocycles. The highest BCUT2D eigenvalue weighted by molar-refractivity contribution is 7.98. The molecule has 2 rings (SSSR count). The van der Waals surface area contributed by atoms with E-state index in [9.17, 15) is 14.9 Å².